The molecule has 1 aromatic carbocycles. The van der Waals surface area contributed by atoms with Crippen LogP contribution in [0.4, 0.5) is 0 Å². The van der Waals surface area contributed by atoms with Crippen molar-refractivity contribution in [1.82, 2.24) is 5.32 Å². The third kappa shape index (κ3) is 3.70. The van der Waals surface area contributed by atoms with Crippen LogP contribution < -0.4 is 11.1 Å². The number of ether oxygens (including phenoxy) is 1. The number of para-hydroxylation sites is 1. The van der Waals surface area contributed by atoms with Gasteiger partial charge in [-0.3, -0.25) is 4.79 Å². The van der Waals surface area contributed by atoms with Gasteiger partial charge in [0.05, 0.1) is 6.61 Å². The van der Waals surface area contributed by atoms with Gasteiger partial charge in [0.2, 0.25) is 5.91 Å². The lowest BCUT2D eigenvalue weighted by atomic mass is 10.2. The monoisotopic (exact) mass is 282 g/mol. The fourth-order valence-electron chi connectivity index (χ4n) is 1.76. The van der Waals surface area contributed by atoms with Crippen molar-refractivity contribution < 1.29 is 13.9 Å². The molecule has 1 amide bonds. The third-order valence-corrected chi connectivity index (χ3v) is 2.92. The maximum atomic E-state index is 10.5. The number of carbonyl (C=O) groups is 1. The number of amides is 1. The molecule has 102 valence electrons. The molecular formula is C13H15ClN2O3. The van der Waals surface area contributed by atoms with E-state index in [0.29, 0.717) is 24.9 Å². The minimum atomic E-state index is -0.469. The number of hydrogen-bond acceptors (Lipinski definition) is 4. The molecule has 1 heterocycles. The van der Waals surface area contributed by atoms with Crippen LogP contribution in [0.3, 0.4) is 0 Å². The minimum Gasteiger partial charge on any atom is -0.444 e. The standard InChI is InChI=1S/C13H15ClN2O3/c14-13-10(7-16-5-6-18-8-12(15)17)9-3-1-2-4-11(9)19-13/h1-4,16H,5-8H2,(H2,15,17). The summed E-state index contributed by atoms with van der Waals surface area (Å²) >= 11 is 6.05. The molecule has 0 radical (unpaired) electrons. The van der Waals surface area contributed by atoms with Crippen molar-refractivity contribution >= 4 is 28.5 Å². The van der Waals surface area contributed by atoms with E-state index in [9.17, 15) is 4.79 Å². The number of benzene rings is 1. The van der Waals surface area contributed by atoms with Crippen LogP contribution in [-0.4, -0.2) is 25.7 Å². The summed E-state index contributed by atoms with van der Waals surface area (Å²) < 4.78 is 10.5. The molecule has 19 heavy (non-hydrogen) atoms. The highest BCUT2D eigenvalue weighted by atomic mass is 35.5. The summed E-state index contributed by atoms with van der Waals surface area (Å²) in [6, 6.07) is 7.68. The Balaban J connectivity index is 1.84. The first kappa shape index (κ1) is 13.9. The molecule has 5 nitrogen and oxygen atoms in total. The lowest BCUT2D eigenvalue weighted by molar-refractivity contribution is -0.122. The van der Waals surface area contributed by atoms with Gasteiger partial charge in [-0.05, 0) is 17.7 Å². The Bertz CT molecular complexity index is 568. The highest BCUT2D eigenvalue weighted by Crippen LogP contribution is 2.29. The Hall–Kier alpha value is -1.56. The van der Waals surface area contributed by atoms with E-state index in [1.807, 2.05) is 24.3 Å². The average molecular weight is 283 g/mol. The van der Waals surface area contributed by atoms with Gasteiger partial charge in [-0.1, -0.05) is 18.2 Å². The summed E-state index contributed by atoms with van der Waals surface area (Å²) in [5, 5.41) is 4.57. The van der Waals surface area contributed by atoms with Crippen molar-refractivity contribution in [1.29, 1.82) is 0 Å². The van der Waals surface area contributed by atoms with E-state index in [4.69, 9.17) is 26.5 Å². The maximum absolute atomic E-state index is 10.5. The Kier molecular flexibility index (Phi) is 4.79. The van der Waals surface area contributed by atoms with E-state index in [2.05, 4.69) is 5.32 Å². The van der Waals surface area contributed by atoms with Crippen molar-refractivity contribution in [2.45, 2.75) is 6.54 Å². The van der Waals surface area contributed by atoms with Crippen LogP contribution in [-0.2, 0) is 16.1 Å². The smallest absolute Gasteiger partial charge is 0.243 e. The molecule has 0 unspecified atom stereocenters. The van der Waals surface area contributed by atoms with Crippen molar-refractivity contribution in [3.05, 3.63) is 35.0 Å². The number of halogens is 1. The number of primary amides is 1. The zero-order valence-electron chi connectivity index (χ0n) is 10.3. The predicted octanol–water partition coefficient (Wildman–Crippen LogP) is 1.68. The summed E-state index contributed by atoms with van der Waals surface area (Å²) in [6.45, 7) is 1.53. The molecule has 0 aliphatic heterocycles. The number of hydrogen-bond donors (Lipinski definition) is 2. The van der Waals surface area contributed by atoms with E-state index < -0.39 is 5.91 Å². The largest absolute Gasteiger partial charge is 0.444 e. The van der Waals surface area contributed by atoms with Crippen molar-refractivity contribution in [3.63, 3.8) is 0 Å². The first-order valence-electron chi connectivity index (χ1n) is 5.91. The molecule has 0 saturated carbocycles. The average Bonchev–Trinajstić information content (AvgIpc) is 2.69. The molecule has 0 fully saturated rings. The van der Waals surface area contributed by atoms with Gasteiger partial charge in [0, 0.05) is 24.0 Å². The Morgan fingerprint density at radius 2 is 2.21 bits per heavy atom. The van der Waals surface area contributed by atoms with Crippen molar-refractivity contribution in [3.8, 4) is 0 Å². The molecular weight excluding hydrogens is 268 g/mol. The number of nitrogens with one attached hydrogen (secondary N) is 1. The molecule has 2 rings (SSSR count). The normalized spacial score (nSPS) is 11.0. The molecule has 3 N–H and O–H groups in total. The van der Waals surface area contributed by atoms with Crippen LogP contribution in [0, 0.1) is 0 Å². The molecule has 0 atom stereocenters. The second kappa shape index (κ2) is 6.56. The highest BCUT2D eigenvalue weighted by Gasteiger charge is 2.10. The van der Waals surface area contributed by atoms with Crippen LogP contribution in [0.1, 0.15) is 5.56 Å². The van der Waals surface area contributed by atoms with Gasteiger partial charge in [-0.25, -0.2) is 0 Å². The van der Waals surface area contributed by atoms with Gasteiger partial charge in [0.15, 0.2) is 5.22 Å². The van der Waals surface area contributed by atoms with Crippen LogP contribution >= 0.6 is 11.6 Å². The van der Waals surface area contributed by atoms with Gasteiger partial charge in [-0.15, -0.1) is 0 Å². The highest BCUT2D eigenvalue weighted by molar-refractivity contribution is 6.30. The Morgan fingerprint density at radius 1 is 1.42 bits per heavy atom. The molecule has 0 spiro atoms. The van der Waals surface area contributed by atoms with E-state index in [0.717, 1.165) is 16.5 Å². The second-order valence-electron chi connectivity index (χ2n) is 4.05. The first-order chi connectivity index (χ1) is 9.18. The number of rotatable bonds is 7. The number of carbonyl (C=O) groups excluding carboxylic acids is 1. The van der Waals surface area contributed by atoms with E-state index in [-0.39, 0.29) is 6.61 Å². The van der Waals surface area contributed by atoms with Gasteiger partial charge in [-0.2, -0.15) is 0 Å². The second-order valence-corrected chi connectivity index (χ2v) is 4.39. The van der Waals surface area contributed by atoms with Gasteiger partial charge in [0.25, 0.3) is 0 Å². The molecule has 1 aromatic heterocycles. The van der Waals surface area contributed by atoms with E-state index in [1.54, 1.807) is 0 Å². The van der Waals surface area contributed by atoms with Gasteiger partial charge >= 0.3 is 0 Å². The minimum absolute atomic E-state index is 0.0585. The fourth-order valence-corrected chi connectivity index (χ4v) is 2.02. The van der Waals surface area contributed by atoms with E-state index in [1.165, 1.54) is 0 Å². The Labute approximate surface area is 115 Å². The zero-order chi connectivity index (χ0) is 13.7. The van der Waals surface area contributed by atoms with Crippen LogP contribution in [0.2, 0.25) is 5.22 Å². The zero-order valence-corrected chi connectivity index (χ0v) is 11.1. The summed E-state index contributed by atoms with van der Waals surface area (Å²) in [6.07, 6.45) is 0. The number of nitrogens with two attached hydrogens (primary N) is 1. The summed E-state index contributed by atoms with van der Waals surface area (Å²) in [5.74, 6) is -0.469. The molecule has 2 aromatic rings. The fraction of sp³-hybridized carbons (Fsp3) is 0.308. The molecule has 0 bridgehead atoms. The maximum Gasteiger partial charge on any atom is 0.243 e. The summed E-state index contributed by atoms with van der Waals surface area (Å²) in [4.78, 5) is 10.5. The summed E-state index contributed by atoms with van der Waals surface area (Å²) in [5.41, 5.74) is 6.65. The topological polar surface area (TPSA) is 77.5 Å². The van der Waals surface area contributed by atoms with Gasteiger partial charge in [0.1, 0.15) is 12.2 Å². The Morgan fingerprint density at radius 3 is 3.00 bits per heavy atom. The van der Waals surface area contributed by atoms with Crippen molar-refractivity contribution in [2.75, 3.05) is 19.8 Å². The first-order valence-corrected chi connectivity index (χ1v) is 6.29. The van der Waals surface area contributed by atoms with Crippen LogP contribution in [0.5, 0.6) is 0 Å². The summed E-state index contributed by atoms with van der Waals surface area (Å²) in [7, 11) is 0. The number of furan rings is 1. The van der Waals surface area contributed by atoms with E-state index >= 15 is 0 Å². The SMILES string of the molecule is NC(=O)COCCNCc1c(Cl)oc2ccccc12. The lowest BCUT2D eigenvalue weighted by Gasteiger charge is -2.04. The van der Waals surface area contributed by atoms with Crippen molar-refractivity contribution in [2.24, 2.45) is 5.73 Å². The lowest BCUT2D eigenvalue weighted by Crippen LogP contribution is -2.23. The quantitative estimate of drug-likeness (QED) is 0.758. The predicted molar refractivity (Wildman–Crippen MR) is 72.9 cm³/mol. The molecule has 0 aliphatic carbocycles. The molecule has 0 saturated heterocycles. The van der Waals surface area contributed by atoms with Crippen LogP contribution in [0.15, 0.2) is 28.7 Å². The van der Waals surface area contributed by atoms with Gasteiger partial charge < -0.3 is 20.2 Å². The van der Waals surface area contributed by atoms with Crippen LogP contribution in [0.25, 0.3) is 11.0 Å². The molecule has 6 heteroatoms. The number of fused-ring (bicyclic) bond motifs is 1. The molecule has 0 aliphatic rings. The third-order valence-electron chi connectivity index (χ3n) is 2.62.